The van der Waals surface area contributed by atoms with Crippen molar-refractivity contribution in [1.29, 1.82) is 0 Å². The third-order valence-electron chi connectivity index (χ3n) is 4.94. The smallest absolute Gasteiger partial charge is 0.254 e. The molecule has 2 atom stereocenters. The van der Waals surface area contributed by atoms with Crippen molar-refractivity contribution >= 4 is 42.5 Å². The second-order valence-electron chi connectivity index (χ2n) is 7.27. The maximum Gasteiger partial charge on any atom is 0.254 e. The largest absolute Gasteiger partial charge is 0.489 e. The molecule has 1 aromatic heterocycles. The molecule has 2 aliphatic rings. The molecule has 1 aliphatic heterocycles. The zero-order valence-electron chi connectivity index (χ0n) is 16.1. The summed E-state index contributed by atoms with van der Waals surface area (Å²) in [6.45, 7) is 2.73. The van der Waals surface area contributed by atoms with Crippen molar-refractivity contribution in [3.05, 3.63) is 30.0 Å². The minimum Gasteiger partial charge on any atom is -0.489 e. The third kappa shape index (κ3) is 5.01. The number of anilines is 4. The summed E-state index contributed by atoms with van der Waals surface area (Å²) in [5.41, 5.74) is 7.26. The van der Waals surface area contributed by atoms with E-state index in [9.17, 15) is 9.90 Å². The normalized spacial score (nSPS) is 18.8. The molecule has 2 heterocycles. The van der Waals surface area contributed by atoms with E-state index >= 15 is 0 Å². The molecule has 1 amide bonds. The van der Waals surface area contributed by atoms with Crippen molar-refractivity contribution in [2.45, 2.75) is 31.9 Å². The molecule has 1 fully saturated rings. The lowest BCUT2D eigenvalue weighted by molar-refractivity contribution is 0.100. The number of nitrogens with one attached hydrogen (secondary N) is 3. The molecule has 0 radical (unpaired) electrons. The molecule has 4 rings (SSSR count). The van der Waals surface area contributed by atoms with Crippen LogP contribution in [0.2, 0.25) is 0 Å². The maximum absolute atomic E-state index is 11.7. The van der Waals surface area contributed by atoms with Crippen LogP contribution in [0.4, 0.5) is 23.1 Å². The van der Waals surface area contributed by atoms with Gasteiger partial charge in [-0.3, -0.25) is 4.79 Å². The van der Waals surface area contributed by atoms with Crippen LogP contribution in [-0.4, -0.2) is 46.3 Å². The number of nitrogens with two attached hydrogens (primary N) is 1. The highest BCUT2D eigenvalue weighted by molar-refractivity contribution is 7.59. The van der Waals surface area contributed by atoms with Crippen molar-refractivity contribution in [2.24, 2.45) is 11.7 Å². The molecule has 156 valence electrons. The molecule has 6 N–H and O–H groups in total. The number of rotatable bonds is 6. The van der Waals surface area contributed by atoms with E-state index in [1.807, 2.05) is 18.2 Å². The first-order valence-electron chi connectivity index (χ1n) is 9.39. The minimum absolute atomic E-state index is 0. The number of amides is 1. The number of aliphatic hydroxyl groups excluding tert-OH is 1. The van der Waals surface area contributed by atoms with E-state index in [-0.39, 0.29) is 31.7 Å². The van der Waals surface area contributed by atoms with E-state index < -0.39 is 12.0 Å². The Kier molecular flexibility index (Phi) is 6.33. The molecule has 0 saturated heterocycles. The van der Waals surface area contributed by atoms with Crippen LogP contribution in [0, 0.1) is 5.92 Å². The van der Waals surface area contributed by atoms with Gasteiger partial charge in [0, 0.05) is 24.5 Å². The average molecular weight is 419 g/mol. The lowest BCUT2D eigenvalue weighted by atomic mass is 10.2. The topological polar surface area (TPSA) is 134 Å². The Bertz CT molecular complexity index is 892. The quantitative estimate of drug-likeness (QED) is 0.479. The summed E-state index contributed by atoms with van der Waals surface area (Å²) in [6, 6.07) is 5.72. The van der Waals surface area contributed by atoms with E-state index in [0.717, 1.165) is 11.4 Å². The van der Waals surface area contributed by atoms with E-state index in [1.165, 1.54) is 19.0 Å². The highest BCUT2D eigenvalue weighted by Crippen LogP contribution is 2.34. The van der Waals surface area contributed by atoms with Crippen LogP contribution in [0.15, 0.2) is 24.4 Å². The van der Waals surface area contributed by atoms with Gasteiger partial charge >= 0.3 is 0 Å². The van der Waals surface area contributed by atoms with Gasteiger partial charge in [0.05, 0.1) is 11.3 Å². The molecule has 9 nitrogen and oxygen atoms in total. The number of carbonyl (C=O) groups excluding carboxylic acids is 1. The number of carbonyl (C=O) groups is 1. The fourth-order valence-corrected chi connectivity index (χ4v) is 3.14. The van der Waals surface area contributed by atoms with Gasteiger partial charge in [-0.2, -0.15) is 18.5 Å². The molecular formula is C19H26N6O3S. The monoisotopic (exact) mass is 418 g/mol. The highest BCUT2D eigenvalue weighted by Gasteiger charge is 2.29. The molecule has 0 spiro atoms. The van der Waals surface area contributed by atoms with E-state index in [2.05, 4.69) is 32.8 Å². The molecule has 1 saturated carbocycles. The Morgan fingerprint density at radius 1 is 1.41 bits per heavy atom. The van der Waals surface area contributed by atoms with Gasteiger partial charge in [-0.1, -0.05) is 0 Å². The fourth-order valence-electron chi connectivity index (χ4n) is 3.14. The summed E-state index contributed by atoms with van der Waals surface area (Å²) < 4.78 is 5.57. The zero-order valence-corrected chi connectivity index (χ0v) is 17.1. The Morgan fingerprint density at radius 3 is 2.93 bits per heavy atom. The number of nitrogens with zero attached hydrogens (tertiary/aromatic N) is 2. The number of hydrogen-bond acceptors (Lipinski definition) is 8. The van der Waals surface area contributed by atoms with Crippen LogP contribution in [-0.2, 0) is 0 Å². The molecule has 0 bridgehead atoms. The van der Waals surface area contributed by atoms with Crippen molar-refractivity contribution in [3.8, 4) is 5.75 Å². The Hall–Kier alpha value is -2.72. The first-order valence-corrected chi connectivity index (χ1v) is 9.39. The van der Waals surface area contributed by atoms with E-state index in [1.54, 1.807) is 0 Å². The number of hydrogen-bond donors (Lipinski definition) is 5. The molecule has 29 heavy (non-hydrogen) atoms. The Balaban J connectivity index is 0.00000240. The summed E-state index contributed by atoms with van der Waals surface area (Å²) in [7, 11) is 0. The SMILES string of the molecule is CC(Nc1nc(Nc2ccc3c(c2)NC[C@H](O)CO3)ncc1C(N)=O)C1CC1.S. The van der Waals surface area contributed by atoms with Crippen LogP contribution in [0.5, 0.6) is 5.75 Å². The Labute approximate surface area is 175 Å². The molecule has 2 aromatic rings. The molecule has 1 aliphatic carbocycles. The number of fused-ring (bicyclic) bond motifs is 1. The van der Waals surface area contributed by atoms with E-state index in [4.69, 9.17) is 10.5 Å². The van der Waals surface area contributed by atoms with E-state index in [0.29, 0.717) is 30.0 Å². The number of aliphatic hydroxyl groups is 1. The van der Waals surface area contributed by atoms with Gasteiger partial charge in [-0.15, -0.1) is 0 Å². The number of β-amino-alcohol motifs (C(OH)–C–C–N with tert-alkyl or cyclic N) is 1. The number of primary amides is 1. The van der Waals surface area contributed by atoms with Gasteiger partial charge in [-0.05, 0) is 43.9 Å². The summed E-state index contributed by atoms with van der Waals surface area (Å²) >= 11 is 0. The summed E-state index contributed by atoms with van der Waals surface area (Å²) in [4.78, 5) is 20.4. The van der Waals surface area contributed by atoms with Crippen LogP contribution >= 0.6 is 13.5 Å². The first kappa shape index (κ1) is 21.0. The third-order valence-corrected chi connectivity index (χ3v) is 4.94. The predicted molar refractivity (Wildman–Crippen MR) is 116 cm³/mol. The van der Waals surface area contributed by atoms with Gasteiger partial charge in [0.2, 0.25) is 5.95 Å². The van der Waals surface area contributed by atoms with Crippen LogP contribution in [0.1, 0.15) is 30.1 Å². The lowest BCUT2D eigenvalue weighted by Crippen LogP contribution is -2.23. The number of aromatic nitrogens is 2. The van der Waals surface area contributed by atoms with Crippen molar-refractivity contribution in [3.63, 3.8) is 0 Å². The predicted octanol–water partition coefficient (Wildman–Crippen LogP) is 1.81. The molecular weight excluding hydrogens is 392 g/mol. The maximum atomic E-state index is 11.7. The van der Waals surface area contributed by atoms with Gasteiger partial charge in [0.15, 0.2) is 0 Å². The second kappa shape index (κ2) is 8.75. The Morgan fingerprint density at radius 2 is 2.21 bits per heavy atom. The molecule has 1 aromatic carbocycles. The van der Waals surface area contributed by atoms with Crippen LogP contribution in [0.3, 0.4) is 0 Å². The fraction of sp³-hybridized carbons (Fsp3) is 0.421. The lowest BCUT2D eigenvalue weighted by Gasteiger charge is -2.16. The van der Waals surface area contributed by atoms with Gasteiger partial charge in [0.1, 0.15) is 24.3 Å². The first-order chi connectivity index (χ1) is 13.5. The zero-order chi connectivity index (χ0) is 19.7. The van der Waals surface area contributed by atoms with Gasteiger partial charge < -0.3 is 31.5 Å². The van der Waals surface area contributed by atoms with Crippen molar-refractivity contribution in [2.75, 3.05) is 29.1 Å². The summed E-state index contributed by atoms with van der Waals surface area (Å²) in [5.74, 6) is 1.49. The number of benzene rings is 1. The number of ether oxygens (including phenoxy) is 1. The van der Waals surface area contributed by atoms with Crippen LogP contribution in [0.25, 0.3) is 0 Å². The highest BCUT2D eigenvalue weighted by atomic mass is 32.1. The van der Waals surface area contributed by atoms with Gasteiger partial charge in [-0.25, -0.2) is 4.98 Å². The van der Waals surface area contributed by atoms with Crippen molar-refractivity contribution in [1.82, 2.24) is 9.97 Å². The molecule has 1 unspecified atom stereocenters. The average Bonchev–Trinajstić information content (AvgIpc) is 3.51. The summed E-state index contributed by atoms with van der Waals surface area (Å²) in [5, 5.41) is 19.3. The van der Waals surface area contributed by atoms with Gasteiger partial charge in [0.25, 0.3) is 5.91 Å². The minimum atomic E-state index is -0.568. The second-order valence-corrected chi connectivity index (χ2v) is 7.27. The van der Waals surface area contributed by atoms with Crippen LogP contribution < -0.4 is 26.4 Å². The summed E-state index contributed by atoms with van der Waals surface area (Å²) in [6.07, 6.45) is 3.22. The molecule has 10 heteroatoms. The van der Waals surface area contributed by atoms with Crippen molar-refractivity contribution < 1.29 is 14.6 Å². The standard InChI is InChI=1S/C19H24N6O3.H2S/c1-10(11-2-3-11)23-18-14(17(20)27)8-22-19(25-18)24-12-4-5-16-15(6-12)21-7-13(26)9-28-16;/h4-6,8,10-11,13,21,26H,2-3,7,9H2,1H3,(H2,20,27)(H2,22,23,24,25);1H2/t10?,13-;/m0./s1.